The third kappa shape index (κ3) is 5.88. The summed E-state index contributed by atoms with van der Waals surface area (Å²) in [6.07, 6.45) is -0.181. The highest BCUT2D eigenvalue weighted by Crippen LogP contribution is 2.36. The molecule has 2 heterocycles. The lowest BCUT2D eigenvalue weighted by molar-refractivity contribution is -0.117. The van der Waals surface area contributed by atoms with E-state index in [-0.39, 0.29) is 47.3 Å². The number of ether oxygens (including phenoxy) is 1. The van der Waals surface area contributed by atoms with Gasteiger partial charge in [-0.15, -0.1) is 0 Å². The van der Waals surface area contributed by atoms with Crippen LogP contribution in [0.2, 0.25) is 0 Å². The molecule has 2 aromatic heterocycles. The Morgan fingerprint density at radius 2 is 1.21 bits per heavy atom. The Morgan fingerprint density at radius 3 is 1.85 bits per heavy atom. The maximum absolute atomic E-state index is 12.2. The SMILES string of the molecule is N#Cc1nc2c(nc1C#N)-c1ccccc1C2=NOCCOc1ccccc1.N#Cc1nc2c(nc1CC(N)=O)-c1ccccc1C2=O. The summed E-state index contributed by atoms with van der Waals surface area (Å²) >= 11 is 0. The molecule has 0 aliphatic heterocycles. The van der Waals surface area contributed by atoms with E-state index in [1.165, 1.54) is 0 Å². The Morgan fingerprint density at radius 1 is 0.667 bits per heavy atom. The molecule has 13 heteroatoms. The molecule has 0 saturated carbocycles. The Bertz CT molecular complexity index is 2270. The Kier molecular flexibility index (Phi) is 8.55. The van der Waals surface area contributed by atoms with Crippen molar-refractivity contribution >= 4 is 17.4 Å². The van der Waals surface area contributed by atoms with Crippen molar-refractivity contribution in [3.63, 3.8) is 0 Å². The van der Waals surface area contributed by atoms with Gasteiger partial charge in [-0.1, -0.05) is 71.9 Å². The number of hydrogen-bond donors (Lipinski definition) is 1. The highest BCUT2D eigenvalue weighted by Gasteiger charge is 2.32. The van der Waals surface area contributed by atoms with Gasteiger partial charge in [-0.25, -0.2) is 19.9 Å². The molecule has 0 spiro atoms. The van der Waals surface area contributed by atoms with Gasteiger partial charge >= 0.3 is 0 Å². The minimum absolute atomic E-state index is 0.00511. The third-order valence-corrected chi connectivity index (χ3v) is 7.17. The molecule has 0 atom stereocenters. The average Bonchev–Trinajstić information content (AvgIpc) is 3.57. The fourth-order valence-corrected chi connectivity index (χ4v) is 5.09. The normalized spacial score (nSPS) is 12.2. The van der Waals surface area contributed by atoms with Crippen LogP contribution in [-0.4, -0.2) is 50.6 Å². The van der Waals surface area contributed by atoms with Gasteiger partial charge in [0, 0.05) is 22.3 Å². The number of carbonyl (C=O) groups excluding carboxylic acids is 2. The summed E-state index contributed by atoms with van der Waals surface area (Å²) < 4.78 is 5.58. The van der Waals surface area contributed by atoms with Gasteiger partial charge in [-0.2, -0.15) is 15.8 Å². The maximum Gasteiger partial charge on any atom is 0.223 e. The molecule has 13 nitrogen and oxygen atoms in total. The topological polar surface area (TPSA) is 214 Å². The van der Waals surface area contributed by atoms with E-state index in [1.807, 2.05) is 72.8 Å². The predicted octanol–water partition coefficient (Wildman–Crippen LogP) is 3.64. The molecule has 48 heavy (non-hydrogen) atoms. The molecule has 0 saturated heterocycles. The van der Waals surface area contributed by atoms with Crippen molar-refractivity contribution in [2.45, 2.75) is 6.42 Å². The number of rotatable bonds is 7. The van der Waals surface area contributed by atoms with Crippen molar-refractivity contribution in [1.29, 1.82) is 15.8 Å². The zero-order valence-corrected chi connectivity index (χ0v) is 24.9. The van der Waals surface area contributed by atoms with Gasteiger partial charge in [-0.05, 0) is 12.1 Å². The van der Waals surface area contributed by atoms with Gasteiger partial charge in [0.05, 0.1) is 12.1 Å². The van der Waals surface area contributed by atoms with E-state index in [0.717, 1.165) is 16.9 Å². The van der Waals surface area contributed by atoms with Gasteiger partial charge < -0.3 is 15.3 Å². The fourth-order valence-electron chi connectivity index (χ4n) is 5.09. The van der Waals surface area contributed by atoms with E-state index in [1.54, 1.807) is 24.3 Å². The van der Waals surface area contributed by atoms with Crippen LogP contribution in [-0.2, 0) is 16.1 Å². The first-order valence-corrected chi connectivity index (χ1v) is 14.4. The number of fused-ring (bicyclic) bond motifs is 6. The number of carbonyl (C=O) groups is 2. The summed E-state index contributed by atoms with van der Waals surface area (Å²) in [5, 5.41) is 31.7. The first-order valence-electron chi connectivity index (χ1n) is 14.4. The summed E-state index contributed by atoms with van der Waals surface area (Å²) in [4.78, 5) is 45.5. The number of primary amides is 1. The second-order valence-electron chi connectivity index (χ2n) is 10.2. The lowest BCUT2D eigenvalue weighted by Gasteiger charge is -2.05. The number of nitrogens with two attached hydrogens (primary N) is 1. The minimum atomic E-state index is -0.603. The van der Waals surface area contributed by atoms with E-state index in [2.05, 4.69) is 25.1 Å². The van der Waals surface area contributed by atoms with Crippen LogP contribution < -0.4 is 10.5 Å². The number of benzene rings is 3. The Hall–Kier alpha value is -7.30. The number of para-hydroxylation sites is 1. The van der Waals surface area contributed by atoms with E-state index in [9.17, 15) is 20.1 Å². The molecule has 0 unspecified atom stereocenters. The maximum atomic E-state index is 12.2. The Balaban J connectivity index is 0.000000177. The van der Waals surface area contributed by atoms with Crippen LogP contribution in [0.5, 0.6) is 5.75 Å². The van der Waals surface area contributed by atoms with Crippen molar-refractivity contribution in [3.8, 4) is 46.5 Å². The van der Waals surface area contributed by atoms with Gasteiger partial charge in [0.1, 0.15) is 59.1 Å². The predicted molar refractivity (Wildman–Crippen MR) is 169 cm³/mol. The van der Waals surface area contributed by atoms with E-state index >= 15 is 0 Å². The second kappa shape index (κ2) is 13.4. The third-order valence-electron chi connectivity index (χ3n) is 7.17. The summed E-state index contributed by atoms with van der Waals surface area (Å²) in [6, 6.07) is 29.5. The van der Waals surface area contributed by atoms with E-state index in [0.29, 0.717) is 40.5 Å². The quantitative estimate of drug-likeness (QED) is 0.198. The van der Waals surface area contributed by atoms with Crippen LogP contribution in [0.1, 0.15) is 50.1 Å². The van der Waals surface area contributed by atoms with Crippen molar-refractivity contribution in [3.05, 3.63) is 124 Å². The van der Waals surface area contributed by atoms with Crippen molar-refractivity contribution in [2.24, 2.45) is 10.9 Å². The molecule has 2 N–H and O–H groups in total. The zero-order valence-electron chi connectivity index (χ0n) is 24.9. The first kappa shape index (κ1) is 30.7. The lowest BCUT2D eigenvalue weighted by Crippen LogP contribution is -2.17. The highest BCUT2D eigenvalue weighted by molar-refractivity contribution is 6.22. The van der Waals surface area contributed by atoms with Gasteiger partial charge in [0.2, 0.25) is 11.7 Å². The molecule has 2 aliphatic rings. The van der Waals surface area contributed by atoms with E-state index < -0.39 is 5.91 Å². The minimum Gasteiger partial charge on any atom is -0.490 e. The lowest BCUT2D eigenvalue weighted by atomic mass is 10.1. The number of nitriles is 3. The molecule has 5 aromatic rings. The van der Waals surface area contributed by atoms with Crippen molar-refractivity contribution < 1.29 is 19.2 Å². The number of oxime groups is 1. The van der Waals surface area contributed by atoms with Gasteiger partial charge in [0.25, 0.3) is 0 Å². The summed E-state index contributed by atoms with van der Waals surface area (Å²) in [7, 11) is 0. The molecule has 0 bridgehead atoms. The first-order chi connectivity index (χ1) is 23.4. The number of nitrogens with zero attached hydrogens (tertiary/aromatic N) is 8. The number of ketones is 1. The summed E-state index contributed by atoms with van der Waals surface area (Å²) in [5.74, 6) is -0.109. The average molecular weight is 632 g/mol. The molecule has 0 radical (unpaired) electrons. The smallest absolute Gasteiger partial charge is 0.223 e. The molecular formula is C35H21N9O4. The van der Waals surface area contributed by atoms with Gasteiger partial charge in [-0.3, -0.25) is 9.59 Å². The van der Waals surface area contributed by atoms with Crippen LogP contribution in [0.25, 0.3) is 22.5 Å². The molecule has 0 fully saturated rings. The monoisotopic (exact) mass is 631 g/mol. The summed E-state index contributed by atoms with van der Waals surface area (Å²) in [6.45, 7) is 0.572. The van der Waals surface area contributed by atoms with Crippen molar-refractivity contribution in [2.75, 3.05) is 13.2 Å². The molecule has 1 amide bonds. The van der Waals surface area contributed by atoms with Gasteiger partial charge in [0.15, 0.2) is 23.7 Å². The van der Waals surface area contributed by atoms with Crippen LogP contribution in [0.3, 0.4) is 0 Å². The highest BCUT2D eigenvalue weighted by atomic mass is 16.6. The number of aromatic nitrogens is 4. The van der Waals surface area contributed by atoms with Crippen LogP contribution in [0.15, 0.2) is 84.0 Å². The van der Waals surface area contributed by atoms with Crippen molar-refractivity contribution in [1.82, 2.24) is 19.9 Å². The number of amides is 1. The van der Waals surface area contributed by atoms with Crippen LogP contribution >= 0.6 is 0 Å². The van der Waals surface area contributed by atoms with E-state index in [4.69, 9.17) is 20.6 Å². The zero-order chi connectivity index (χ0) is 33.6. The summed E-state index contributed by atoms with van der Waals surface area (Å²) in [5.41, 5.74) is 10.0. The molecule has 7 rings (SSSR count). The fraction of sp³-hybridized carbons (Fsp3) is 0.0857. The molecule has 3 aromatic carbocycles. The van der Waals surface area contributed by atoms with Crippen LogP contribution in [0.4, 0.5) is 0 Å². The van der Waals surface area contributed by atoms with Crippen LogP contribution in [0, 0.1) is 34.0 Å². The second-order valence-corrected chi connectivity index (χ2v) is 10.2. The largest absolute Gasteiger partial charge is 0.490 e. The molecule has 230 valence electrons. The molecule has 2 aliphatic carbocycles. The molecular weight excluding hydrogens is 610 g/mol. The number of hydrogen-bond acceptors (Lipinski definition) is 12. The standard InChI is InChI=1S/C21H13N5O2.C14H8N4O2/c22-12-17-18(13-23)25-21-19(24-17)15-8-4-5-9-16(15)20(21)26-28-11-10-27-14-6-2-1-3-7-14;15-6-10-9(5-11(16)19)17-12-7-3-1-2-4-8(7)14(20)13(12)18-10/h1-9H,10-11H2;1-4H,5H2,(H2,16,19). The Labute approximate surface area is 273 Å².